The Kier molecular flexibility index (Phi) is 8.09. The van der Waals surface area contributed by atoms with Crippen LogP contribution < -0.4 is 14.5 Å². The summed E-state index contributed by atoms with van der Waals surface area (Å²) in [5.41, 5.74) is 8.91. The van der Waals surface area contributed by atoms with E-state index in [4.69, 9.17) is 9.72 Å². The fourth-order valence-electron chi connectivity index (χ4n) is 5.82. The molecule has 6 aromatic rings. The van der Waals surface area contributed by atoms with E-state index in [0.717, 1.165) is 39.0 Å². The minimum absolute atomic E-state index is 0. The van der Waals surface area contributed by atoms with Crippen molar-refractivity contribution < 1.29 is 25.8 Å². The summed E-state index contributed by atoms with van der Waals surface area (Å²) >= 11 is 0. The van der Waals surface area contributed by atoms with Gasteiger partial charge < -0.3 is 19.1 Å². The van der Waals surface area contributed by atoms with Crippen molar-refractivity contribution >= 4 is 33.2 Å². The number of fused-ring (bicyclic) bond motifs is 3. The van der Waals surface area contributed by atoms with Gasteiger partial charge in [0.1, 0.15) is 5.82 Å². The number of pyridine rings is 1. The van der Waals surface area contributed by atoms with E-state index >= 15 is 0 Å². The standard InChI is InChI=1S/C39H35N4O.Pt/c1-26-14-15-27(2)36(20-26)42-25-41(24-28(42)3)30-10-9-11-31(22-30)44-32-16-17-34-33-12-7-8-13-35(33)43(37(34)23-32)38-21-29(18-19-40-38)39(4,5)6;/h7-21,24-25H,1-6H3;/q-3;. The Balaban J connectivity index is 0.00000357. The van der Waals surface area contributed by atoms with Crippen LogP contribution in [-0.4, -0.2) is 9.55 Å². The number of ether oxygens (including phenoxy) is 1. The van der Waals surface area contributed by atoms with Gasteiger partial charge in [-0.25, -0.2) is 4.98 Å². The Labute approximate surface area is 280 Å². The number of allylic oxidation sites excluding steroid dienone is 1. The third-order valence-corrected chi connectivity index (χ3v) is 8.22. The van der Waals surface area contributed by atoms with Crippen molar-refractivity contribution in [3.63, 3.8) is 0 Å². The van der Waals surface area contributed by atoms with Gasteiger partial charge in [0.15, 0.2) is 0 Å². The zero-order chi connectivity index (χ0) is 30.6. The largest absolute Gasteiger partial charge is 0.509 e. The Morgan fingerprint density at radius 2 is 1.60 bits per heavy atom. The monoisotopic (exact) mass is 770 g/mol. The summed E-state index contributed by atoms with van der Waals surface area (Å²) in [7, 11) is 0. The molecule has 2 aromatic heterocycles. The number of rotatable bonds is 5. The summed E-state index contributed by atoms with van der Waals surface area (Å²) in [6, 6.07) is 36.3. The molecule has 0 atom stereocenters. The Bertz CT molecular complexity index is 2070. The zero-order valence-corrected chi connectivity index (χ0v) is 28.6. The molecule has 0 N–H and O–H groups in total. The van der Waals surface area contributed by atoms with Gasteiger partial charge in [-0.3, -0.25) is 0 Å². The van der Waals surface area contributed by atoms with Crippen molar-refractivity contribution in [2.45, 2.75) is 47.0 Å². The molecule has 0 spiro atoms. The molecule has 45 heavy (non-hydrogen) atoms. The first-order chi connectivity index (χ1) is 21.2. The van der Waals surface area contributed by atoms with Crippen LogP contribution in [0.5, 0.6) is 11.5 Å². The summed E-state index contributed by atoms with van der Waals surface area (Å²) in [5, 5.41) is 2.26. The SMILES string of the molecule is CC1=CN(c2[c-]c(Oc3[c-]c4c(cc3)c3ccccc3n4-c3cc(C(C)(C)C)ccn3)ccc2)[CH-]N1c1cc(C)ccc1C.[Pt]. The summed E-state index contributed by atoms with van der Waals surface area (Å²) in [4.78, 5) is 9.09. The Morgan fingerprint density at radius 3 is 2.42 bits per heavy atom. The molecule has 0 saturated heterocycles. The molecule has 0 unspecified atom stereocenters. The molecule has 0 radical (unpaired) electrons. The molecule has 0 bridgehead atoms. The molecule has 4 aromatic carbocycles. The van der Waals surface area contributed by atoms with Crippen molar-refractivity contribution in [2.75, 3.05) is 9.80 Å². The van der Waals surface area contributed by atoms with E-state index in [9.17, 15) is 0 Å². The smallest absolute Gasteiger partial charge is 0.135 e. The maximum Gasteiger partial charge on any atom is 0.135 e. The molecule has 1 aliphatic rings. The second-order valence-corrected chi connectivity index (χ2v) is 12.5. The van der Waals surface area contributed by atoms with Crippen molar-refractivity contribution in [3.05, 3.63) is 139 Å². The van der Waals surface area contributed by atoms with Gasteiger partial charge in [0, 0.05) is 55.7 Å². The minimum atomic E-state index is 0. The first-order valence-electron chi connectivity index (χ1n) is 15.0. The van der Waals surface area contributed by atoms with E-state index in [2.05, 4.69) is 142 Å². The molecule has 0 amide bonds. The zero-order valence-electron chi connectivity index (χ0n) is 26.3. The number of anilines is 2. The number of hydrogen-bond acceptors (Lipinski definition) is 4. The van der Waals surface area contributed by atoms with Gasteiger partial charge in [-0.2, -0.15) is 12.1 Å². The van der Waals surface area contributed by atoms with Crippen molar-refractivity contribution in [1.82, 2.24) is 9.55 Å². The molecular weight excluding hydrogens is 736 g/mol. The van der Waals surface area contributed by atoms with E-state index in [0.29, 0.717) is 11.5 Å². The van der Waals surface area contributed by atoms with Crippen LogP contribution in [-0.2, 0) is 26.5 Å². The van der Waals surface area contributed by atoms with E-state index < -0.39 is 0 Å². The maximum absolute atomic E-state index is 6.41. The topological polar surface area (TPSA) is 33.5 Å². The average Bonchev–Trinajstić information content (AvgIpc) is 3.55. The number of para-hydroxylation sites is 1. The van der Waals surface area contributed by atoms with E-state index in [1.54, 1.807) is 0 Å². The quantitative estimate of drug-likeness (QED) is 0.164. The molecule has 1 aliphatic heterocycles. The van der Waals surface area contributed by atoms with Crippen LogP contribution in [0.4, 0.5) is 11.4 Å². The van der Waals surface area contributed by atoms with E-state index in [-0.39, 0.29) is 26.5 Å². The molecule has 7 rings (SSSR count). The minimum Gasteiger partial charge on any atom is -0.509 e. The van der Waals surface area contributed by atoms with Gasteiger partial charge >= 0.3 is 0 Å². The normalized spacial score (nSPS) is 13.3. The number of aromatic nitrogens is 2. The Hall–Kier alpha value is -4.34. The van der Waals surface area contributed by atoms with Gasteiger partial charge in [-0.15, -0.1) is 48.1 Å². The third-order valence-electron chi connectivity index (χ3n) is 8.22. The summed E-state index contributed by atoms with van der Waals surface area (Å²) in [6.07, 6.45) is 4.01. The van der Waals surface area contributed by atoms with Crippen LogP contribution >= 0.6 is 0 Å². The van der Waals surface area contributed by atoms with Crippen LogP contribution in [0.2, 0.25) is 0 Å². The van der Waals surface area contributed by atoms with Crippen LogP contribution in [0.25, 0.3) is 27.6 Å². The second-order valence-electron chi connectivity index (χ2n) is 12.5. The van der Waals surface area contributed by atoms with Crippen molar-refractivity contribution in [1.29, 1.82) is 0 Å². The molecule has 0 saturated carbocycles. The van der Waals surface area contributed by atoms with E-state index in [1.807, 2.05) is 30.5 Å². The summed E-state index contributed by atoms with van der Waals surface area (Å²) in [5.74, 6) is 2.11. The molecule has 0 fully saturated rings. The first kappa shape index (κ1) is 30.7. The third kappa shape index (κ3) is 5.78. The summed E-state index contributed by atoms with van der Waals surface area (Å²) < 4.78 is 8.59. The van der Waals surface area contributed by atoms with Crippen molar-refractivity contribution in [2.24, 2.45) is 0 Å². The van der Waals surface area contributed by atoms with Crippen LogP contribution in [0.3, 0.4) is 0 Å². The molecule has 0 aliphatic carbocycles. The van der Waals surface area contributed by atoms with Gasteiger partial charge in [0.2, 0.25) is 0 Å². The summed E-state index contributed by atoms with van der Waals surface area (Å²) in [6.45, 7) is 15.1. The molecule has 6 heteroatoms. The molecule has 5 nitrogen and oxygen atoms in total. The van der Waals surface area contributed by atoms with Gasteiger partial charge in [-0.05, 0) is 78.7 Å². The van der Waals surface area contributed by atoms with Gasteiger partial charge in [0.05, 0.1) is 0 Å². The maximum atomic E-state index is 6.41. The number of hydrogen-bond donors (Lipinski definition) is 0. The number of nitrogens with zero attached hydrogens (tertiary/aromatic N) is 4. The fraction of sp³-hybridized carbons (Fsp3) is 0.179. The van der Waals surface area contributed by atoms with E-state index in [1.165, 1.54) is 22.4 Å². The molecule has 230 valence electrons. The molecular formula is C39H35N4OPt-3. The number of aryl methyl sites for hydroxylation is 2. The van der Waals surface area contributed by atoms with Crippen molar-refractivity contribution in [3.8, 4) is 17.3 Å². The van der Waals surface area contributed by atoms with Gasteiger partial charge in [-0.1, -0.05) is 56.6 Å². The van der Waals surface area contributed by atoms with Crippen LogP contribution in [0.15, 0.2) is 103 Å². The average molecular weight is 771 g/mol. The van der Waals surface area contributed by atoms with Gasteiger partial charge in [0.25, 0.3) is 0 Å². The van der Waals surface area contributed by atoms with Crippen LogP contribution in [0.1, 0.15) is 44.4 Å². The predicted molar refractivity (Wildman–Crippen MR) is 180 cm³/mol. The number of benzene rings is 4. The van der Waals surface area contributed by atoms with Crippen LogP contribution in [0, 0.1) is 32.6 Å². The Morgan fingerprint density at radius 1 is 0.800 bits per heavy atom. The molecule has 3 heterocycles. The second kappa shape index (κ2) is 11.9. The predicted octanol–water partition coefficient (Wildman–Crippen LogP) is 9.79. The fourth-order valence-corrected chi connectivity index (χ4v) is 5.82. The first-order valence-corrected chi connectivity index (χ1v) is 15.0.